The first-order chi connectivity index (χ1) is 10.8. The highest BCUT2D eigenvalue weighted by molar-refractivity contribution is 5.92. The summed E-state index contributed by atoms with van der Waals surface area (Å²) in [5.41, 5.74) is 9.00. The number of allylic oxidation sites excluding steroid dienone is 1. The molecule has 2 aliphatic carbocycles. The van der Waals surface area contributed by atoms with Crippen LogP contribution < -0.4 is 0 Å². The van der Waals surface area contributed by atoms with Crippen molar-refractivity contribution >= 4 is 16.8 Å². The van der Waals surface area contributed by atoms with Gasteiger partial charge in [0.05, 0.1) is 0 Å². The van der Waals surface area contributed by atoms with Crippen LogP contribution in [-0.2, 0) is 12.8 Å². The molecule has 2 aliphatic rings. The maximum atomic E-state index is 2.40. The van der Waals surface area contributed by atoms with Gasteiger partial charge in [-0.3, -0.25) is 0 Å². The summed E-state index contributed by atoms with van der Waals surface area (Å²) in [5.74, 6) is 0.512. The van der Waals surface area contributed by atoms with Gasteiger partial charge in [0.1, 0.15) is 0 Å². The monoisotopic (exact) mass is 282 g/mol. The predicted octanol–water partition coefficient (Wildman–Crippen LogP) is 5.49. The molecule has 0 aliphatic heterocycles. The van der Waals surface area contributed by atoms with Crippen LogP contribution in [0.3, 0.4) is 0 Å². The van der Waals surface area contributed by atoms with E-state index in [0.717, 1.165) is 12.8 Å². The van der Waals surface area contributed by atoms with E-state index in [1.807, 2.05) is 0 Å². The second-order valence-corrected chi connectivity index (χ2v) is 6.71. The Hall–Kier alpha value is -2.34. The summed E-state index contributed by atoms with van der Waals surface area (Å²) in [5, 5.41) is 2.88. The molecule has 0 aromatic heterocycles. The van der Waals surface area contributed by atoms with Gasteiger partial charge in [-0.15, -0.1) is 0 Å². The van der Waals surface area contributed by atoms with Crippen LogP contribution >= 0.6 is 0 Å². The SMILES string of the molecule is CC1=Cc2c(cccc2C2Cc3cccc4cccc2c34)C1. The summed E-state index contributed by atoms with van der Waals surface area (Å²) in [6, 6.07) is 20.4. The molecule has 0 radical (unpaired) electrons. The Labute approximate surface area is 131 Å². The van der Waals surface area contributed by atoms with E-state index in [1.54, 1.807) is 0 Å². The molecule has 3 aromatic rings. The van der Waals surface area contributed by atoms with E-state index in [-0.39, 0.29) is 0 Å². The second-order valence-electron chi connectivity index (χ2n) is 6.71. The van der Waals surface area contributed by atoms with E-state index in [2.05, 4.69) is 67.6 Å². The van der Waals surface area contributed by atoms with Crippen molar-refractivity contribution in [1.82, 2.24) is 0 Å². The van der Waals surface area contributed by atoms with Crippen LogP contribution in [0.4, 0.5) is 0 Å². The highest BCUT2D eigenvalue weighted by Gasteiger charge is 2.28. The standard InChI is InChI=1S/C22H18/c1-14-11-16-7-4-9-18(20(16)12-14)21-13-17-8-2-5-15-6-3-10-19(21)22(15)17/h2-10,12,21H,11,13H2,1H3. The third-order valence-corrected chi connectivity index (χ3v) is 5.29. The summed E-state index contributed by atoms with van der Waals surface area (Å²) in [7, 11) is 0. The third kappa shape index (κ3) is 1.58. The lowest BCUT2D eigenvalue weighted by Crippen LogP contribution is -2.02. The molecule has 0 spiro atoms. The van der Waals surface area contributed by atoms with Crippen molar-refractivity contribution in [3.05, 3.63) is 88.0 Å². The molecule has 1 unspecified atom stereocenters. The molecule has 3 aromatic carbocycles. The Morgan fingerprint density at radius 1 is 0.818 bits per heavy atom. The maximum Gasteiger partial charge on any atom is 0.0142 e. The Morgan fingerprint density at radius 3 is 2.45 bits per heavy atom. The minimum Gasteiger partial charge on any atom is -0.0683 e. The molecule has 106 valence electrons. The second kappa shape index (κ2) is 4.33. The molecule has 0 fully saturated rings. The quantitative estimate of drug-likeness (QED) is 0.554. The van der Waals surface area contributed by atoms with Crippen molar-refractivity contribution in [3.63, 3.8) is 0 Å². The first kappa shape index (κ1) is 12.2. The fraction of sp³-hybridized carbons (Fsp3) is 0.182. The predicted molar refractivity (Wildman–Crippen MR) is 93.3 cm³/mol. The topological polar surface area (TPSA) is 0 Å². The van der Waals surface area contributed by atoms with Crippen molar-refractivity contribution in [1.29, 1.82) is 0 Å². The molecular formula is C22H18. The Balaban J connectivity index is 1.75. The van der Waals surface area contributed by atoms with Gasteiger partial charge in [0.25, 0.3) is 0 Å². The fourth-order valence-corrected chi connectivity index (χ4v) is 4.38. The van der Waals surface area contributed by atoms with Crippen LogP contribution in [0.2, 0.25) is 0 Å². The normalized spacial score (nSPS) is 18.6. The molecule has 5 rings (SSSR count). The average Bonchev–Trinajstić information content (AvgIpc) is 3.09. The van der Waals surface area contributed by atoms with E-state index in [0.29, 0.717) is 5.92 Å². The average molecular weight is 282 g/mol. The van der Waals surface area contributed by atoms with Gasteiger partial charge in [0, 0.05) is 5.92 Å². The van der Waals surface area contributed by atoms with Crippen molar-refractivity contribution < 1.29 is 0 Å². The van der Waals surface area contributed by atoms with Gasteiger partial charge in [-0.25, -0.2) is 0 Å². The maximum absolute atomic E-state index is 2.40. The van der Waals surface area contributed by atoms with Crippen molar-refractivity contribution in [2.45, 2.75) is 25.7 Å². The summed E-state index contributed by atoms with van der Waals surface area (Å²) in [6.07, 6.45) is 4.65. The summed E-state index contributed by atoms with van der Waals surface area (Å²) in [4.78, 5) is 0. The zero-order valence-corrected chi connectivity index (χ0v) is 12.8. The number of benzene rings is 3. The molecule has 0 amide bonds. The van der Waals surface area contributed by atoms with Crippen molar-refractivity contribution in [2.75, 3.05) is 0 Å². The van der Waals surface area contributed by atoms with Gasteiger partial charge < -0.3 is 0 Å². The molecule has 0 saturated carbocycles. The lowest BCUT2D eigenvalue weighted by Gasteiger charge is -2.16. The molecule has 0 bridgehead atoms. The largest absolute Gasteiger partial charge is 0.0683 e. The molecule has 0 heterocycles. The summed E-state index contributed by atoms with van der Waals surface area (Å²) >= 11 is 0. The van der Waals surface area contributed by atoms with Crippen molar-refractivity contribution in [2.24, 2.45) is 0 Å². The molecular weight excluding hydrogens is 264 g/mol. The number of rotatable bonds is 1. The van der Waals surface area contributed by atoms with E-state index in [4.69, 9.17) is 0 Å². The first-order valence-electron chi connectivity index (χ1n) is 8.11. The van der Waals surface area contributed by atoms with Crippen molar-refractivity contribution in [3.8, 4) is 0 Å². The molecule has 0 heteroatoms. The molecule has 0 saturated heterocycles. The van der Waals surface area contributed by atoms with Crippen LogP contribution in [0.5, 0.6) is 0 Å². The van der Waals surface area contributed by atoms with Gasteiger partial charge in [-0.1, -0.05) is 66.2 Å². The van der Waals surface area contributed by atoms with Gasteiger partial charge in [-0.2, -0.15) is 0 Å². The molecule has 22 heavy (non-hydrogen) atoms. The Morgan fingerprint density at radius 2 is 1.55 bits per heavy atom. The number of hydrogen-bond acceptors (Lipinski definition) is 0. The van der Waals surface area contributed by atoms with E-state index in [1.165, 1.54) is 44.2 Å². The van der Waals surface area contributed by atoms with Crippen LogP contribution in [0.15, 0.2) is 60.2 Å². The molecule has 0 nitrogen and oxygen atoms in total. The molecule has 1 atom stereocenters. The minimum absolute atomic E-state index is 0.512. The summed E-state index contributed by atoms with van der Waals surface area (Å²) in [6.45, 7) is 2.24. The first-order valence-corrected chi connectivity index (χ1v) is 8.11. The lowest BCUT2D eigenvalue weighted by atomic mass is 9.87. The van der Waals surface area contributed by atoms with Gasteiger partial charge in [0.2, 0.25) is 0 Å². The Bertz CT molecular complexity index is 938. The fourth-order valence-electron chi connectivity index (χ4n) is 4.38. The van der Waals surface area contributed by atoms with Crippen LogP contribution in [0.1, 0.15) is 40.7 Å². The Kier molecular flexibility index (Phi) is 2.41. The van der Waals surface area contributed by atoms with Crippen LogP contribution in [0, 0.1) is 0 Å². The van der Waals surface area contributed by atoms with Crippen LogP contribution in [-0.4, -0.2) is 0 Å². The highest BCUT2D eigenvalue weighted by atomic mass is 14.3. The zero-order chi connectivity index (χ0) is 14.7. The van der Waals surface area contributed by atoms with Crippen LogP contribution in [0.25, 0.3) is 16.8 Å². The zero-order valence-electron chi connectivity index (χ0n) is 12.8. The number of fused-ring (bicyclic) bond motifs is 1. The minimum atomic E-state index is 0.512. The van der Waals surface area contributed by atoms with Gasteiger partial charge in [0.15, 0.2) is 0 Å². The van der Waals surface area contributed by atoms with Gasteiger partial charge in [-0.05, 0) is 58.4 Å². The highest BCUT2D eigenvalue weighted by Crippen LogP contribution is 2.44. The lowest BCUT2D eigenvalue weighted by molar-refractivity contribution is 0.844. The smallest absolute Gasteiger partial charge is 0.0142 e. The third-order valence-electron chi connectivity index (χ3n) is 5.29. The molecule has 0 N–H and O–H groups in total. The summed E-state index contributed by atoms with van der Waals surface area (Å²) < 4.78 is 0. The van der Waals surface area contributed by atoms with E-state index >= 15 is 0 Å². The van der Waals surface area contributed by atoms with Gasteiger partial charge >= 0.3 is 0 Å². The number of hydrogen-bond donors (Lipinski definition) is 0. The van der Waals surface area contributed by atoms with E-state index in [9.17, 15) is 0 Å². The van der Waals surface area contributed by atoms with E-state index < -0.39 is 0 Å².